The molecule has 1 saturated heterocycles. The Morgan fingerprint density at radius 3 is 2.32 bits per heavy atom. The summed E-state index contributed by atoms with van der Waals surface area (Å²) >= 11 is 7.20. The zero-order valence-electron chi connectivity index (χ0n) is 20.5. The molecule has 1 N–H and O–H groups in total. The lowest BCUT2D eigenvalue weighted by Crippen LogP contribution is -2.53. The van der Waals surface area contributed by atoms with Crippen LogP contribution in [0.15, 0.2) is 65.6 Å². The highest BCUT2D eigenvalue weighted by atomic mass is 35.5. The first-order chi connectivity index (χ1) is 17.7. The van der Waals surface area contributed by atoms with E-state index in [0.29, 0.717) is 28.7 Å². The monoisotopic (exact) mass is 561 g/mol. The molecule has 1 aromatic heterocycles. The van der Waals surface area contributed by atoms with Gasteiger partial charge >= 0.3 is 5.97 Å². The van der Waals surface area contributed by atoms with Crippen LogP contribution in [0.5, 0.6) is 0 Å². The Hall–Kier alpha value is -2.76. The number of thiophene rings is 1. The van der Waals surface area contributed by atoms with Crippen molar-refractivity contribution < 1.29 is 22.7 Å². The largest absolute Gasteiger partial charge is 0.462 e. The van der Waals surface area contributed by atoms with Crippen LogP contribution in [0.4, 0.5) is 5.00 Å². The van der Waals surface area contributed by atoms with Crippen molar-refractivity contribution >= 4 is 49.8 Å². The number of nitrogens with zero attached hydrogens (tertiary/aromatic N) is 2. The number of carbonyl (C=O) groups is 2. The van der Waals surface area contributed by atoms with Gasteiger partial charge in [-0.05, 0) is 49.7 Å². The molecule has 8 nitrogen and oxygen atoms in total. The van der Waals surface area contributed by atoms with Gasteiger partial charge in [-0.15, -0.1) is 11.3 Å². The van der Waals surface area contributed by atoms with Crippen LogP contribution < -0.4 is 5.32 Å². The maximum Gasteiger partial charge on any atom is 0.341 e. The molecule has 0 bridgehead atoms. The molecule has 1 fully saturated rings. The third-order valence-corrected chi connectivity index (χ3v) is 9.44. The normalized spacial score (nSPS) is 15.8. The molecule has 0 saturated carbocycles. The second-order valence-corrected chi connectivity index (χ2v) is 11.9. The number of rotatable bonds is 8. The van der Waals surface area contributed by atoms with Crippen LogP contribution in [-0.2, 0) is 19.6 Å². The van der Waals surface area contributed by atoms with E-state index in [0.717, 1.165) is 10.4 Å². The van der Waals surface area contributed by atoms with Crippen molar-refractivity contribution in [2.45, 2.75) is 24.8 Å². The van der Waals surface area contributed by atoms with Gasteiger partial charge < -0.3 is 10.1 Å². The number of hydrogen-bond acceptors (Lipinski definition) is 7. The lowest BCUT2D eigenvalue weighted by Gasteiger charge is -2.36. The number of piperazine rings is 1. The topological polar surface area (TPSA) is 96.0 Å². The molecule has 0 radical (unpaired) electrons. The fourth-order valence-electron chi connectivity index (χ4n) is 4.06. The van der Waals surface area contributed by atoms with Crippen LogP contribution in [0, 0.1) is 0 Å². The van der Waals surface area contributed by atoms with Gasteiger partial charge in [0, 0.05) is 36.1 Å². The van der Waals surface area contributed by atoms with E-state index in [1.165, 1.54) is 27.8 Å². The summed E-state index contributed by atoms with van der Waals surface area (Å²) in [4.78, 5) is 28.7. The van der Waals surface area contributed by atoms with Gasteiger partial charge in [-0.2, -0.15) is 4.31 Å². The average Bonchev–Trinajstić information content (AvgIpc) is 3.33. The second-order valence-electron chi connectivity index (χ2n) is 8.50. The summed E-state index contributed by atoms with van der Waals surface area (Å²) in [5, 5.41) is 3.80. The molecule has 0 spiro atoms. The summed E-state index contributed by atoms with van der Waals surface area (Å²) in [6.45, 7) is 5.03. The number of ether oxygens (including phenoxy) is 1. The van der Waals surface area contributed by atoms with Crippen molar-refractivity contribution in [1.29, 1.82) is 0 Å². The second kappa shape index (κ2) is 11.7. The summed E-state index contributed by atoms with van der Waals surface area (Å²) in [7, 11) is -3.64. The van der Waals surface area contributed by atoms with E-state index in [-0.39, 0.29) is 30.5 Å². The van der Waals surface area contributed by atoms with Crippen molar-refractivity contribution in [1.82, 2.24) is 9.21 Å². The first kappa shape index (κ1) is 27.3. The molecule has 3 aromatic rings. The number of sulfonamides is 1. The highest BCUT2D eigenvalue weighted by molar-refractivity contribution is 7.89. The number of nitrogens with one attached hydrogen (secondary N) is 1. The van der Waals surface area contributed by atoms with Crippen LogP contribution >= 0.6 is 22.9 Å². The molecule has 1 aliphatic heterocycles. The van der Waals surface area contributed by atoms with Gasteiger partial charge in [0.2, 0.25) is 15.9 Å². The number of amides is 1. The zero-order chi connectivity index (χ0) is 26.6. The molecule has 0 aliphatic carbocycles. The zero-order valence-corrected chi connectivity index (χ0v) is 22.9. The third-order valence-electron chi connectivity index (χ3n) is 6.17. The molecule has 1 aliphatic rings. The molecule has 0 unspecified atom stereocenters. The number of carbonyl (C=O) groups excluding carboxylic acids is 2. The van der Waals surface area contributed by atoms with E-state index in [9.17, 15) is 18.0 Å². The molecule has 1 amide bonds. The average molecular weight is 562 g/mol. The van der Waals surface area contributed by atoms with E-state index < -0.39 is 22.0 Å². The quantitative estimate of drug-likeness (QED) is 0.404. The predicted molar refractivity (Wildman–Crippen MR) is 146 cm³/mol. The minimum absolute atomic E-state index is 0.189. The third kappa shape index (κ3) is 6.22. The van der Waals surface area contributed by atoms with Crippen molar-refractivity contribution in [3.8, 4) is 10.4 Å². The first-order valence-electron chi connectivity index (χ1n) is 11.9. The van der Waals surface area contributed by atoms with Crippen LogP contribution in [0.25, 0.3) is 10.4 Å². The minimum Gasteiger partial charge on any atom is -0.462 e. The Balaban J connectivity index is 1.44. The minimum atomic E-state index is -3.64. The molecule has 4 rings (SSSR count). The summed E-state index contributed by atoms with van der Waals surface area (Å²) in [6, 6.07) is 16.9. The van der Waals surface area contributed by atoms with Crippen molar-refractivity contribution in [3.05, 3.63) is 71.2 Å². The van der Waals surface area contributed by atoms with E-state index in [4.69, 9.17) is 16.3 Å². The van der Waals surface area contributed by atoms with Gasteiger partial charge in [0.1, 0.15) is 5.00 Å². The van der Waals surface area contributed by atoms with Crippen LogP contribution in [0.2, 0.25) is 5.02 Å². The summed E-state index contributed by atoms with van der Waals surface area (Å²) in [5.74, 6) is -0.772. The Morgan fingerprint density at radius 1 is 1.05 bits per heavy atom. The molecule has 2 aromatic carbocycles. The number of esters is 1. The summed E-state index contributed by atoms with van der Waals surface area (Å²) in [6.07, 6.45) is 0. The maximum atomic E-state index is 13.2. The molecule has 11 heteroatoms. The molecular weight excluding hydrogens is 534 g/mol. The Bertz CT molecular complexity index is 1350. The van der Waals surface area contributed by atoms with Gasteiger partial charge in [-0.1, -0.05) is 41.9 Å². The van der Waals surface area contributed by atoms with Gasteiger partial charge in [-0.3, -0.25) is 9.69 Å². The molecule has 196 valence electrons. The van der Waals surface area contributed by atoms with Crippen molar-refractivity contribution in [3.63, 3.8) is 0 Å². The van der Waals surface area contributed by atoms with Crippen LogP contribution in [0.3, 0.4) is 0 Å². The van der Waals surface area contributed by atoms with E-state index >= 15 is 0 Å². The lowest BCUT2D eigenvalue weighted by molar-refractivity contribution is -0.121. The predicted octanol–water partition coefficient (Wildman–Crippen LogP) is 4.58. The van der Waals surface area contributed by atoms with Gasteiger partial charge in [0.15, 0.2) is 0 Å². The van der Waals surface area contributed by atoms with E-state index in [2.05, 4.69) is 5.32 Å². The fraction of sp³-hybridized carbons (Fsp3) is 0.308. The van der Waals surface area contributed by atoms with Gasteiger partial charge in [-0.25, -0.2) is 13.2 Å². The molecular formula is C26H28ClN3O5S2. The number of benzene rings is 2. The number of halogens is 1. The molecule has 1 atom stereocenters. The Kier molecular flexibility index (Phi) is 8.66. The number of anilines is 1. The Morgan fingerprint density at radius 2 is 1.70 bits per heavy atom. The highest BCUT2D eigenvalue weighted by Crippen LogP contribution is 2.36. The van der Waals surface area contributed by atoms with Crippen LogP contribution in [-0.4, -0.2) is 68.3 Å². The first-order valence-corrected chi connectivity index (χ1v) is 14.5. The lowest BCUT2D eigenvalue weighted by atomic mass is 10.1. The standard InChI is InChI=1S/C26H28ClN3O5S2/c1-3-35-26(32)22-17-23(19-7-5-4-6-8-19)36-25(22)28-24(31)18(2)29-13-15-30(16-14-29)37(33,34)21-11-9-20(27)10-12-21/h4-12,17-18H,3,13-16H2,1-2H3,(H,28,31)/t18-/m0/s1. The SMILES string of the molecule is CCOC(=O)c1cc(-c2ccccc2)sc1NC(=O)[C@H](C)N1CCN(S(=O)(=O)c2ccc(Cl)cc2)CC1. The highest BCUT2D eigenvalue weighted by Gasteiger charge is 2.32. The smallest absolute Gasteiger partial charge is 0.341 e. The van der Waals surface area contributed by atoms with Gasteiger partial charge in [0.05, 0.1) is 23.1 Å². The molecule has 37 heavy (non-hydrogen) atoms. The van der Waals surface area contributed by atoms with E-state index in [1.54, 1.807) is 32.0 Å². The Labute approximate surface area is 225 Å². The molecule has 2 heterocycles. The van der Waals surface area contributed by atoms with Crippen molar-refractivity contribution in [2.75, 3.05) is 38.1 Å². The summed E-state index contributed by atoms with van der Waals surface area (Å²) in [5.41, 5.74) is 1.25. The summed E-state index contributed by atoms with van der Waals surface area (Å²) < 4.78 is 32.6. The van der Waals surface area contributed by atoms with Crippen LogP contribution in [0.1, 0.15) is 24.2 Å². The maximum absolute atomic E-state index is 13.2. The van der Waals surface area contributed by atoms with Crippen molar-refractivity contribution in [2.24, 2.45) is 0 Å². The van der Waals surface area contributed by atoms with E-state index in [1.807, 2.05) is 35.2 Å². The number of hydrogen-bond donors (Lipinski definition) is 1. The van der Waals surface area contributed by atoms with Gasteiger partial charge in [0.25, 0.3) is 0 Å². The fourth-order valence-corrected chi connectivity index (χ4v) is 6.66.